The molecular weight excluding hydrogens is 450 g/mol. The van der Waals surface area contributed by atoms with E-state index in [0.717, 1.165) is 19.3 Å². The van der Waals surface area contributed by atoms with Gasteiger partial charge in [0, 0.05) is 16.1 Å². The SMILES string of the molecule is CC(C)(Oc1ccc(C(=O)c2ccc(Cl)cc2)cc1)C(=O)OCCCCCCCO[N+](=O)[O-]. The summed E-state index contributed by atoms with van der Waals surface area (Å²) in [6.45, 7) is 3.62. The molecule has 0 amide bonds. The molecule has 0 saturated carbocycles. The summed E-state index contributed by atoms with van der Waals surface area (Å²) < 4.78 is 11.1. The molecule has 0 aromatic heterocycles. The molecule has 0 aliphatic heterocycles. The van der Waals surface area contributed by atoms with Crippen LogP contribution in [0.15, 0.2) is 48.5 Å². The number of ketones is 1. The second-order valence-corrected chi connectivity index (χ2v) is 8.37. The van der Waals surface area contributed by atoms with Gasteiger partial charge in [0.25, 0.3) is 5.09 Å². The Morgan fingerprint density at radius 1 is 0.879 bits per heavy atom. The number of unbranched alkanes of at least 4 members (excludes halogenated alkanes) is 4. The fourth-order valence-corrected chi connectivity index (χ4v) is 3.12. The third kappa shape index (κ3) is 9.10. The number of nitrogens with zero attached hydrogens (tertiary/aromatic N) is 1. The summed E-state index contributed by atoms with van der Waals surface area (Å²) in [5.41, 5.74) is -0.168. The van der Waals surface area contributed by atoms with Gasteiger partial charge in [-0.25, -0.2) is 4.79 Å². The molecule has 0 bridgehead atoms. The fraction of sp³-hybridized carbons (Fsp3) is 0.417. The van der Waals surface area contributed by atoms with Crippen molar-refractivity contribution < 1.29 is 29.0 Å². The van der Waals surface area contributed by atoms with Crippen molar-refractivity contribution in [2.45, 2.75) is 51.6 Å². The Morgan fingerprint density at radius 3 is 1.97 bits per heavy atom. The number of ether oxygens (including phenoxy) is 2. The molecule has 33 heavy (non-hydrogen) atoms. The molecule has 8 nitrogen and oxygen atoms in total. The first-order valence-electron chi connectivity index (χ1n) is 10.7. The Bertz CT molecular complexity index is 927. The maximum atomic E-state index is 12.5. The van der Waals surface area contributed by atoms with E-state index in [4.69, 9.17) is 21.1 Å². The lowest BCUT2D eigenvalue weighted by Gasteiger charge is -2.24. The van der Waals surface area contributed by atoms with E-state index >= 15 is 0 Å². The number of carbonyl (C=O) groups is 2. The molecule has 2 rings (SSSR count). The minimum atomic E-state index is -1.19. The summed E-state index contributed by atoms with van der Waals surface area (Å²) in [6, 6.07) is 13.2. The molecular formula is C24H28ClNO7. The molecule has 0 unspecified atom stereocenters. The Kier molecular flexibility index (Phi) is 10.1. The van der Waals surface area contributed by atoms with E-state index in [1.807, 2.05) is 0 Å². The van der Waals surface area contributed by atoms with Crippen molar-refractivity contribution in [1.82, 2.24) is 0 Å². The molecule has 0 aliphatic carbocycles. The van der Waals surface area contributed by atoms with Gasteiger partial charge in [-0.1, -0.05) is 30.9 Å². The average Bonchev–Trinajstić information content (AvgIpc) is 2.78. The monoisotopic (exact) mass is 477 g/mol. The molecule has 0 fully saturated rings. The number of rotatable bonds is 14. The number of esters is 1. The number of benzene rings is 2. The van der Waals surface area contributed by atoms with Gasteiger partial charge in [0.1, 0.15) is 5.75 Å². The highest BCUT2D eigenvalue weighted by Crippen LogP contribution is 2.22. The molecule has 0 heterocycles. The molecule has 0 radical (unpaired) electrons. The highest BCUT2D eigenvalue weighted by Gasteiger charge is 2.31. The standard InChI is InChI=1S/C24H28ClNO7/c1-24(2,23(28)31-16-6-4-3-5-7-17-32-26(29)30)33-21-14-10-19(11-15-21)22(27)18-8-12-20(25)13-9-18/h8-15H,3-7,16-17H2,1-2H3. The zero-order valence-electron chi connectivity index (χ0n) is 18.8. The van der Waals surface area contributed by atoms with Gasteiger partial charge in [-0.2, -0.15) is 0 Å². The molecule has 0 saturated heterocycles. The quantitative estimate of drug-likeness (QED) is 0.117. The average molecular weight is 478 g/mol. The Balaban J connectivity index is 1.74. The molecule has 0 spiro atoms. The molecule has 178 valence electrons. The molecule has 9 heteroatoms. The van der Waals surface area contributed by atoms with Crippen LogP contribution < -0.4 is 4.74 Å². The lowest BCUT2D eigenvalue weighted by atomic mass is 10.0. The van der Waals surface area contributed by atoms with Crippen LogP contribution in [0.5, 0.6) is 5.75 Å². The Hall–Kier alpha value is -3.13. The lowest BCUT2D eigenvalue weighted by Crippen LogP contribution is -2.39. The van der Waals surface area contributed by atoms with Crippen molar-refractivity contribution in [2.24, 2.45) is 0 Å². The first-order chi connectivity index (χ1) is 15.7. The predicted octanol–water partition coefficient (Wildman–Crippen LogP) is 5.43. The van der Waals surface area contributed by atoms with Crippen LogP contribution in [0.4, 0.5) is 0 Å². The normalized spacial score (nSPS) is 11.0. The second kappa shape index (κ2) is 12.8. The van der Waals surface area contributed by atoms with Crippen LogP contribution in [0.2, 0.25) is 5.02 Å². The number of hydrogen-bond donors (Lipinski definition) is 0. The van der Waals surface area contributed by atoms with E-state index < -0.39 is 16.7 Å². The van der Waals surface area contributed by atoms with Gasteiger partial charge < -0.3 is 14.3 Å². The minimum Gasteiger partial charge on any atom is -0.476 e. The predicted molar refractivity (Wildman–Crippen MR) is 123 cm³/mol. The van der Waals surface area contributed by atoms with E-state index in [2.05, 4.69) is 4.84 Å². The Morgan fingerprint density at radius 2 is 1.39 bits per heavy atom. The third-order valence-electron chi connectivity index (χ3n) is 4.81. The highest BCUT2D eigenvalue weighted by atomic mass is 35.5. The van der Waals surface area contributed by atoms with Crippen LogP contribution in [-0.2, 0) is 14.4 Å². The van der Waals surface area contributed by atoms with E-state index in [1.165, 1.54) is 0 Å². The van der Waals surface area contributed by atoms with Gasteiger partial charge in [0.2, 0.25) is 0 Å². The first-order valence-corrected chi connectivity index (χ1v) is 11.1. The van der Waals surface area contributed by atoms with Crippen LogP contribution in [0, 0.1) is 10.1 Å². The molecule has 0 aliphatic rings. The van der Waals surface area contributed by atoms with E-state index in [1.54, 1.807) is 62.4 Å². The van der Waals surface area contributed by atoms with Crippen molar-refractivity contribution in [3.8, 4) is 5.75 Å². The summed E-state index contributed by atoms with van der Waals surface area (Å²) in [5.74, 6) is -0.174. The van der Waals surface area contributed by atoms with Crippen molar-refractivity contribution in [3.05, 3.63) is 74.8 Å². The molecule has 2 aromatic rings. The van der Waals surface area contributed by atoms with Gasteiger partial charge in [0.05, 0.1) is 13.2 Å². The van der Waals surface area contributed by atoms with Crippen LogP contribution in [0.25, 0.3) is 0 Å². The van der Waals surface area contributed by atoms with Crippen LogP contribution in [0.1, 0.15) is 61.9 Å². The largest absolute Gasteiger partial charge is 0.476 e. The van der Waals surface area contributed by atoms with E-state index in [-0.39, 0.29) is 19.0 Å². The lowest BCUT2D eigenvalue weighted by molar-refractivity contribution is -0.757. The number of carbonyl (C=O) groups excluding carboxylic acids is 2. The van der Waals surface area contributed by atoms with Crippen molar-refractivity contribution in [2.75, 3.05) is 13.2 Å². The molecule has 0 atom stereocenters. The summed E-state index contributed by atoms with van der Waals surface area (Å²) >= 11 is 5.86. The fourth-order valence-electron chi connectivity index (χ4n) is 2.99. The van der Waals surface area contributed by atoms with Crippen LogP contribution >= 0.6 is 11.6 Å². The van der Waals surface area contributed by atoms with Crippen LogP contribution in [-0.4, -0.2) is 35.7 Å². The van der Waals surface area contributed by atoms with Crippen molar-refractivity contribution in [3.63, 3.8) is 0 Å². The summed E-state index contributed by atoms with van der Waals surface area (Å²) in [4.78, 5) is 39.2. The van der Waals surface area contributed by atoms with E-state index in [9.17, 15) is 19.7 Å². The maximum absolute atomic E-state index is 12.5. The van der Waals surface area contributed by atoms with Gasteiger partial charge in [-0.05, 0) is 75.2 Å². The first kappa shape index (κ1) is 26.1. The number of hydrogen-bond acceptors (Lipinski definition) is 7. The van der Waals surface area contributed by atoms with Crippen molar-refractivity contribution >= 4 is 23.4 Å². The zero-order chi connectivity index (χ0) is 24.3. The van der Waals surface area contributed by atoms with Crippen molar-refractivity contribution in [1.29, 1.82) is 0 Å². The summed E-state index contributed by atoms with van der Waals surface area (Å²) in [5, 5.41) is 9.81. The second-order valence-electron chi connectivity index (χ2n) is 7.93. The minimum absolute atomic E-state index is 0.101. The third-order valence-corrected chi connectivity index (χ3v) is 5.06. The number of halogens is 1. The molecule has 2 aromatic carbocycles. The van der Waals surface area contributed by atoms with E-state index in [0.29, 0.717) is 34.7 Å². The molecule has 0 N–H and O–H groups in total. The van der Waals surface area contributed by atoms with Crippen LogP contribution in [0.3, 0.4) is 0 Å². The van der Waals surface area contributed by atoms with Gasteiger partial charge in [-0.15, -0.1) is 10.1 Å². The zero-order valence-corrected chi connectivity index (χ0v) is 19.5. The van der Waals surface area contributed by atoms with Gasteiger partial charge >= 0.3 is 5.97 Å². The maximum Gasteiger partial charge on any atom is 0.349 e. The summed E-state index contributed by atoms with van der Waals surface area (Å²) in [7, 11) is 0. The van der Waals surface area contributed by atoms with Gasteiger partial charge in [0.15, 0.2) is 11.4 Å². The summed E-state index contributed by atoms with van der Waals surface area (Å²) in [6.07, 6.45) is 3.84. The highest BCUT2D eigenvalue weighted by molar-refractivity contribution is 6.30. The smallest absolute Gasteiger partial charge is 0.349 e. The van der Waals surface area contributed by atoms with Gasteiger partial charge in [-0.3, -0.25) is 4.79 Å². The topological polar surface area (TPSA) is 105 Å². The Labute approximate surface area is 197 Å².